The van der Waals surface area contributed by atoms with E-state index >= 15 is 0 Å². The second kappa shape index (κ2) is 7.77. The van der Waals surface area contributed by atoms with Gasteiger partial charge in [0.15, 0.2) is 0 Å². The number of hydrogen-bond donors (Lipinski definition) is 1. The van der Waals surface area contributed by atoms with Gasteiger partial charge in [0.1, 0.15) is 0 Å². The summed E-state index contributed by atoms with van der Waals surface area (Å²) in [5.74, 6) is 0. The van der Waals surface area contributed by atoms with Crippen molar-refractivity contribution in [1.29, 1.82) is 0 Å². The topological polar surface area (TPSA) is 21.3 Å². The Hall–Kier alpha value is -0.900. The van der Waals surface area contributed by atoms with Crippen LogP contribution in [0.15, 0.2) is 24.3 Å². The van der Waals surface area contributed by atoms with Gasteiger partial charge in [-0.1, -0.05) is 31.5 Å². The Morgan fingerprint density at radius 3 is 2.80 bits per heavy atom. The molecule has 3 heteroatoms. The molecule has 2 rings (SSSR count). The van der Waals surface area contributed by atoms with Crippen LogP contribution in [0, 0.1) is 6.92 Å². The molecule has 0 aliphatic rings. The summed E-state index contributed by atoms with van der Waals surface area (Å²) in [6.45, 7) is 9.25. The number of hydrogen-bond acceptors (Lipinski definition) is 3. The molecule has 0 aliphatic carbocycles. The van der Waals surface area contributed by atoms with Crippen molar-refractivity contribution in [3.8, 4) is 0 Å². The van der Waals surface area contributed by atoms with Crippen molar-refractivity contribution in [1.82, 2.24) is 5.32 Å². The molecule has 0 fully saturated rings. The summed E-state index contributed by atoms with van der Waals surface area (Å²) in [6, 6.07) is 9.04. The molecule has 1 unspecified atom stereocenters. The highest BCUT2D eigenvalue weighted by Gasteiger charge is 2.13. The van der Waals surface area contributed by atoms with Crippen LogP contribution in [0.2, 0.25) is 0 Å². The number of unbranched alkanes of at least 4 members (excludes halogenated alkanes) is 1. The molecule has 20 heavy (non-hydrogen) atoms. The molecule has 0 aliphatic heterocycles. The quantitative estimate of drug-likeness (QED) is 0.713. The summed E-state index contributed by atoms with van der Waals surface area (Å²) in [5.41, 5.74) is 1.41. The summed E-state index contributed by atoms with van der Waals surface area (Å²) >= 11 is 1.90. The molecule has 1 heterocycles. The van der Waals surface area contributed by atoms with Gasteiger partial charge in [-0.05, 0) is 37.3 Å². The molecule has 0 radical (unpaired) electrons. The van der Waals surface area contributed by atoms with Gasteiger partial charge in [-0.15, -0.1) is 11.3 Å². The predicted molar refractivity (Wildman–Crippen MR) is 88.7 cm³/mol. The predicted octanol–water partition coefficient (Wildman–Crippen LogP) is 4.68. The maximum absolute atomic E-state index is 5.59. The monoisotopic (exact) mass is 291 g/mol. The number of benzene rings is 1. The molecular formula is C17H25NOS. The maximum atomic E-state index is 5.59. The first-order valence-corrected chi connectivity index (χ1v) is 8.34. The van der Waals surface area contributed by atoms with Crippen LogP contribution in [-0.4, -0.2) is 19.8 Å². The van der Waals surface area contributed by atoms with Crippen molar-refractivity contribution in [2.24, 2.45) is 0 Å². The average Bonchev–Trinajstić information content (AvgIpc) is 2.80. The van der Waals surface area contributed by atoms with E-state index in [1.54, 1.807) is 0 Å². The maximum Gasteiger partial charge on any atom is 0.0591 e. The van der Waals surface area contributed by atoms with Crippen LogP contribution >= 0.6 is 11.3 Å². The number of aryl methyl sites for hydroxylation is 1. The molecule has 1 N–H and O–H groups in total. The Morgan fingerprint density at radius 1 is 1.25 bits per heavy atom. The Bertz CT molecular complexity index is 535. The van der Waals surface area contributed by atoms with E-state index in [1.807, 2.05) is 11.3 Å². The van der Waals surface area contributed by atoms with E-state index in [2.05, 4.69) is 50.4 Å². The van der Waals surface area contributed by atoms with Gasteiger partial charge < -0.3 is 10.1 Å². The minimum absolute atomic E-state index is 0.391. The molecule has 0 amide bonds. The first-order chi connectivity index (χ1) is 9.74. The van der Waals surface area contributed by atoms with Crippen LogP contribution in [0.3, 0.4) is 0 Å². The molecule has 2 nitrogen and oxygen atoms in total. The number of thiophene rings is 1. The lowest BCUT2D eigenvalue weighted by atomic mass is 10.1. The molecule has 0 saturated heterocycles. The summed E-state index contributed by atoms with van der Waals surface area (Å²) in [5, 5.41) is 4.95. The summed E-state index contributed by atoms with van der Waals surface area (Å²) < 4.78 is 6.97. The van der Waals surface area contributed by atoms with Crippen LogP contribution in [0.1, 0.15) is 43.2 Å². The lowest BCUT2D eigenvalue weighted by Gasteiger charge is -2.13. The normalized spacial score (nSPS) is 12.9. The van der Waals surface area contributed by atoms with E-state index in [-0.39, 0.29) is 0 Å². The van der Waals surface area contributed by atoms with Crippen LogP contribution in [0.5, 0.6) is 0 Å². The number of fused-ring (bicyclic) bond motifs is 1. The fourth-order valence-electron chi connectivity index (χ4n) is 2.40. The number of rotatable bonds is 8. The standard InChI is InChI=1S/C17H25NOS/c1-4-5-11-19-12-10-18-14(3)17-13(2)15-8-6-7-9-16(15)20-17/h6-9,14,18H,4-5,10-12H2,1-3H3. The van der Waals surface area contributed by atoms with Crippen molar-refractivity contribution < 1.29 is 4.74 Å². The van der Waals surface area contributed by atoms with E-state index in [9.17, 15) is 0 Å². The van der Waals surface area contributed by atoms with Crippen molar-refractivity contribution in [3.63, 3.8) is 0 Å². The van der Waals surface area contributed by atoms with Crippen molar-refractivity contribution >= 4 is 21.4 Å². The van der Waals surface area contributed by atoms with Gasteiger partial charge >= 0.3 is 0 Å². The van der Waals surface area contributed by atoms with Gasteiger partial charge in [0.05, 0.1) is 6.61 Å². The third kappa shape index (κ3) is 3.81. The second-order valence-corrected chi connectivity index (χ2v) is 6.31. The largest absolute Gasteiger partial charge is 0.380 e. The van der Waals surface area contributed by atoms with Crippen LogP contribution < -0.4 is 5.32 Å². The Labute approximate surface area is 126 Å². The van der Waals surface area contributed by atoms with Gasteiger partial charge in [-0.3, -0.25) is 0 Å². The molecular weight excluding hydrogens is 266 g/mol. The molecule has 0 bridgehead atoms. The highest BCUT2D eigenvalue weighted by Crippen LogP contribution is 2.34. The van der Waals surface area contributed by atoms with E-state index in [4.69, 9.17) is 4.74 Å². The second-order valence-electron chi connectivity index (χ2n) is 5.23. The summed E-state index contributed by atoms with van der Waals surface area (Å²) in [6.07, 6.45) is 2.36. The minimum Gasteiger partial charge on any atom is -0.380 e. The Morgan fingerprint density at radius 2 is 2.05 bits per heavy atom. The summed E-state index contributed by atoms with van der Waals surface area (Å²) in [7, 11) is 0. The first kappa shape index (κ1) is 15.5. The van der Waals surface area contributed by atoms with Gasteiger partial charge in [0, 0.05) is 28.8 Å². The zero-order valence-electron chi connectivity index (χ0n) is 12.7. The van der Waals surface area contributed by atoms with Gasteiger partial charge in [-0.2, -0.15) is 0 Å². The Balaban J connectivity index is 1.88. The molecule has 1 aromatic heterocycles. The van der Waals surface area contributed by atoms with Crippen LogP contribution in [0.4, 0.5) is 0 Å². The first-order valence-electron chi connectivity index (χ1n) is 7.53. The lowest BCUT2D eigenvalue weighted by Crippen LogP contribution is -2.23. The van der Waals surface area contributed by atoms with Crippen LogP contribution in [-0.2, 0) is 4.74 Å². The third-order valence-electron chi connectivity index (χ3n) is 3.61. The third-order valence-corrected chi connectivity index (χ3v) is 5.07. The molecule has 2 aromatic rings. The zero-order valence-corrected chi connectivity index (χ0v) is 13.6. The zero-order chi connectivity index (χ0) is 14.4. The van der Waals surface area contributed by atoms with E-state index in [0.29, 0.717) is 6.04 Å². The fourth-order valence-corrected chi connectivity index (χ4v) is 3.63. The molecule has 1 atom stereocenters. The number of ether oxygens (including phenoxy) is 1. The molecule has 0 spiro atoms. The van der Waals surface area contributed by atoms with Gasteiger partial charge in [0.2, 0.25) is 0 Å². The van der Waals surface area contributed by atoms with Crippen molar-refractivity contribution in [2.45, 2.75) is 39.7 Å². The van der Waals surface area contributed by atoms with Gasteiger partial charge in [0.25, 0.3) is 0 Å². The SMILES string of the molecule is CCCCOCCNC(C)c1sc2ccccc2c1C. The Kier molecular flexibility index (Phi) is 6.02. The molecule has 1 aromatic carbocycles. The van der Waals surface area contributed by atoms with Crippen LogP contribution in [0.25, 0.3) is 10.1 Å². The molecule has 110 valence electrons. The minimum atomic E-state index is 0.391. The smallest absolute Gasteiger partial charge is 0.0591 e. The van der Waals surface area contributed by atoms with E-state index < -0.39 is 0 Å². The highest BCUT2D eigenvalue weighted by atomic mass is 32.1. The highest BCUT2D eigenvalue weighted by molar-refractivity contribution is 7.19. The fraction of sp³-hybridized carbons (Fsp3) is 0.529. The van der Waals surface area contributed by atoms with Gasteiger partial charge in [-0.25, -0.2) is 0 Å². The van der Waals surface area contributed by atoms with E-state index in [1.165, 1.54) is 26.9 Å². The van der Waals surface area contributed by atoms with Crippen molar-refractivity contribution in [3.05, 3.63) is 34.7 Å². The number of nitrogens with one attached hydrogen (secondary N) is 1. The molecule has 0 saturated carbocycles. The summed E-state index contributed by atoms with van der Waals surface area (Å²) in [4.78, 5) is 1.44. The van der Waals surface area contributed by atoms with Crippen molar-refractivity contribution in [2.75, 3.05) is 19.8 Å². The van der Waals surface area contributed by atoms with E-state index in [0.717, 1.165) is 26.2 Å². The lowest BCUT2D eigenvalue weighted by molar-refractivity contribution is 0.131. The average molecular weight is 291 g/mol.